The third kappa shape index (κ3) is 2.98. The van der Waals surface area contributed by atoms with Gasteiger partial charge in [-0.15, -0.1) is 0 Å². The molecule has 2 aromatic rings. The highest BCUT2D eigenvalue weighted by Gasteiger charge is 2.46. The van der Waals surface area contributed by atoms with Gasteiger partial charge in [-0.05, 0) is 55.7 Å². The molecule has 0 saturated heterocycles. The molecule has 1 saturated carbocycles. The maximum atomic E-state index is 12.3. The normalized spacial score (nSPS) is 15.0. The molecule has 0 aromatic heterocycles. The van der Waals surface area contributed by atoms with Crippen molar-refractivity contribution >= 4 is 17.3 Å². The monoisotopic (exact) mass is 320 g/mol. The number of esters is 1. The number of nitrogens with one attached hydrogen (secondary N) is 1. The van der Waals surface area contributed by atoms with Crippen molar-refractivity contribution in [3.8, 4) is 6.07 Å². The highest BCUT2D eigenvalue weighted by atomic mass is 16.5. The van der Waals surface area contributed by atoms with Gasteiger partial charge in [0.25, 0.3) is 0 Å². The van der Waals surface area contributed by atoms with Gasteiger partial charge in [-0.2, -0.15) is 5.26 Å². The second kappa shape index (κ2) is 6.76. The smallest absolute Gasteiger partial charge is 0.316 e. The zero-order valence-electron chi connectivity index (χ0n) is 13.7. The molecule has 0 unspecified atom stereocenters. The second-order valence-electron chi connectivity index (χ2n) is 6.05. The third-order valence-electron chi connectivity index (χ3n) is 4.59. The van der Waals surface area contributed by atoms with Crippen LogP contribution >= 0.6 is 0 Å². The van der Waals surface area contributed by atoms with E-state index < -0.39 is 5.41 Å². The zero-order valence-corrected chi connectivity index (χ0v) is 13.7. The Morgan fingerprint density at radius 3 is 2.54 bits per heavy atom. The van der Waals surface area contributed by atoms with Crippen LogP contribution in [-0.2, 0) is 14.9 Å². The van der Waals surface area contributed by atoms with Gasteiger partial charge in [0.05, 0.1) is 23.7 Å². The van der Waals surface area contributed by atoms with E-state index in [1.807, 2.05) is 43.3 Å². The minimum absolute atomic E-state index is 0.112. The zero-order chi connectivity index (χ0) is 17.0. The van der Waals surface area contributed by atoms with Crippen molar-refractivity contribution in [1.82, 2.24) is 0 Å². The van der Waals surface area contributed by atoms with Crippen LogP contribution in [0, 0.1) is 11.3 Å². The van der Waals surface area contributed by atoms with Crippen LogP contribution in [0.4, 0.5) is 11.4 Å². The Morgan fingerprint density at radius 2 is 1.96 bits per heavy atom. The van der Waals surface area contributed by atoms with Crippen molar-refractivity contribution in [2.75, 3.05) is 11.9 Å². The van der Waals surface area contributed by atoms with E-state index in [0.29, 0.717) is 12.2 Å². The SMILES string of the molecule is CCOC(=O)C1(c2ccc(Nc3cccc(C#N)c3)cc2)CCC1. The van der Waals surface area contributed by atoms with Crippen molar-refractivity contribution < 1.29 is 9.53 Å². The Labute approximate surface area is 142 Å². The van der Waals surface area contributed by atoms with Gasteiger partial charge in [-0.1, -0.05) is 24.6 Å². The Balaban J connectivity index is 1.78. The Hall–Kier alpha value is -2.80. The Morgan fingerprint density at radius 1 is 1.21 bits per heavy atom. The van der Waals surface area contributed by atoms with Gasteiger partial charge in [0.15, 0.2) is 0 Å². The van der Waals surface area contributed by atoms with Gasteiger partial charge >= 0.3 is 5.97 Å². The molecule has 4 heteroatoms. The first kappa shape index (κ1) is 16.1. The molecular formula is C20H20N2O2. The lowest BCUT2D eigenvalue weighted by molar-refractivity contribution is -0.153. The Bertz CT molecular complexity index is 771. The fourth-order valence-corrected chi connectivity index (χ4v) is 3.12. The molecule has 1 fully saturated rings. The summed E-state index contributed by atoms with van der Waals surface area (Å²) in [6.07, 6.45) is 2.76. The largest absolute Gasteiger partial charge is 0.465 e. The molecule has 0 amide bonds. The minimum Gasteiger partial charge on any atom is -0.465 e. The van der Waals surface area contributed by atoms with Gasteiger partial charge in [-0.3, -0.25) is 4.79 Å². The predicted molar refractivity (Wildman–Crippen MR) is 93.0 cm³/mol. The maximum Gasteiger partial charge on any atom is 0.316 e. The number of nitriles is 1. The number of ether oxygens (including phenoxy) is 1. The van der Waals surface area contributed by atoms with Crippen molar-refractivity contribution in [3.63, 3.8) is 0 Å². The predicted octanol–water partition coefficient (Wildman–Crippen LogP) is 4.29. The van der Waals surface area contributed by atoms with E-state index in [0.717, 1.165) is 36.2 Å². The van der Waals surface area contributed by atoms with Gasteiger partial charge < -0.3 is 10.1 Å². The molecule has 1 aliphatic carbocycles. The number of hydrogen-bond acceptors (Lipinski definition) is 4. The summed E-state index contributed by atoms with van der Waals surface area (Å²) in [4.78, 5) is 12.3. The lowest BCUT2D eigenvalue weighted by atomic mass is 9.64. The fraction of sp³-hybridized carbons (Fsp3) is 0.300. The number of nitrogens with zero attached hydrogens (tertiary/aromatic N) is 1. The third-order valence-corrected chi connectivity index (χ3v) is 4.59. The average molecular weight is 320 g/mol. The summed E-state index contributed by atoms with van der Waals surface area (Å²) < 4.78 is 5.27. The summed E-state index contributed by atoms with van der Waals surface area (Å²) in [5.41, 5.74) is 2.96. The molecule has 0 spiro atoms. The van der Waals surface area contributed by atoms with E-state index >= 15 is 0 Å². The van der Waals surface area contributed by atoms with Crippen LogP contribution in [0.5, 0.6) is 0 Å². The van der Waals surface area contributed by atoms with Crippen LogP contribution in [-0.4, -0.2) is 12.6 Å². The van der Waals surface area contributed by atoms with E-state index in [1.165, 1.54) is 0 Å². The topological polar surface area (TPSA) is 62.1 Å². The van der Waals surface area contributed by atoms with Crippen LogP contribution < -0.4 is 5.32 Å². The molecule has 3 rings (SSSR count). The van der Waals surface area contributed by atoms with Crippen molar-refractivity contribution in [2.24, 2.45) is 0 Å². The molecule has 0 bridgehead atoms. The molecule has 0 radical (unpaired) electrons. The summed E-state index contributed by atoms with van der Waals surface area (Å²) in [7, 11) is 0. The van der Waals surface area contributed by atoms with E-state index in [1.54, 1.807) is 12.1 Å². The van der Waals surface area contributed by atoms with E-state index in [4.69, 9.17) is 10.00 Å². The summed E-state index contributed by atoms with van der Waals surface area (Å²) in [5.74, 6) is -0.112. The molecule has 4 nitrogen and oxygen atoms in total. The summed E-state index contributed by atoms with van der Waals surface area (Å²) in [5, 5.41) is 12.2. The van der Waals surface area contributed by atoms with Crippen LogP contribution in [0.25, 0.3) is 0 Å². The lowest BCUT2D eigenvalue weighted by Gasteiger charge is -2.39. The highest BCUT2D eigenvalue weighted by Crippen LogP contribution is 2.45. The standard InChI is InChI=1S/C20H20N2O2/c1-2-24-19(23)20(11-4-12-20)16-7-9-17(10-8-16)22-18-6-3-5-15(13-18)14-21/h3,5-10,13,22H,2,4,11-12H2,1H3. The molecule has 2 aromatic carbocycles. The van der Waals surface area contributed by atoms with Gasteiger partial charge in [0.1, 0.15) is 0 Å². The first-order chi connectivity index (χ1) is 11.7. The number of hydrogen-bond donors (Lipinski definition) is 1. The van der Waals surface area contributed by atoms with Crippen LogP contribution in [0.15, 0.2) is 48.5 Å². The summed E-state index contributed by atoms with van der Waals surface area (Å²) in [6.45, 7) is 2.25. The number of anilines is 2. The van der Waals surface area contributed by atoms with Crippen LogP contribution in [0.2, 0.25) is 0 Å². The second-order valence-corrected chi connectivity index (χ2v) is 6.05. The van der Waals surface area contributed by atoms with Crippen molar-refractivity contribution in [3.05, 3.63) is 59.7 Å². The first-order valence-corrected chi connectivity index (χ1v) is 8.23. The van der Waals surface area contributed by atoms with E-state index in [-0.39, 0.29) is 5.97 Å². The van der Waals surface area contributed by atoms with Gasteiger partial charge in [-0.25, -0.2) is 0 Å². The van der Waals surface area contributed by atoms with Crippen LogP contribution in [0.3, 0.4) is 0 Å². The molecule has 0 aliphatic heterocycles. The van der Waals surface area contributed by atoms with Crippen LogP contribution in [0.1, 0.15) is 37.3 Å². The Kier molecular flexibility index (Phi) is 4.52. The molecule has 0 atom stereocenters. The number of carbonyl (C=O) groups excluding carboxylic acids is 1. The lowest BCUT2D eigenvalue weighted by Crippen LogP contribution is -2.43. The molecule has 24 heavy (non-hydrogen) atoms. The molecular weight excluding hydrogens is 300 g/mol. The first-order valence-electron chi connectivity index (χ1n) is 8.23. The average Bonchev–Trinajstić information content (AvgIpc) is 2.56. The van der Waals surface area contributed by atoms with E-state index in [2.05, 4.69) is 11.4 Å². The fourth-order valence-electron chi connectivity index (χ4n) is 3.12. The van der Waals surface area contributed by atoms with Crippen molar-refractivity contribution in [2.45, 2.75) is 31.6 Å². The number of rotatable bonds is 5. The van der Waals surface area contributed by atoms with Gasteiger partial charge in [0, 0.05) is 11.4 Å². The van der Waals surface area contributed by atoms with Crippen molar-refractivity contribution in [1.29, 1.82) is 5.26 Å². The van der Waals surface area contributed by atoms with E-state index in [9.17, 15) is 4.79 Å². The molecule has 1 aliphatic rings. The summed E-state index contributed by atoms with van der Waals surface area (Å²) in [6, 6.07) is 17.4. The van der Waals surface area contributed by atoms with Gasteiger partial charge in [0.2, 0.25) is 0 Å². The molecule has 0 heterocycles. The minimum atomic E-state index is -0.463. The molecule has 1 N–H and O–H groups in total. The summed E-state index contributed by atoms with van der Waals surface area (Å²) >= 11 is 0. The number of benzene rings is 2. The maximum absolute atomic E-state index is 12.3. The molecule has 122 valence electrons. The highest BCUT2D eigenvalue weighted by molar-refractivity contribution is 5.84. The quantitative estimate of drug-likeness (QED) is 0.835. The number of carbonyl (C=O) groups is 1.